The Balaban J connectivity index is 2.31. The van der Waals surface area contributed by atoms with Gasteiger partial charge in [-0.2, -0.15) is 0 Å². The second-order valence-corrected chi connectivity index (χ2v) is 3.79. The fourth-order valence-electron chi connectivity index (χ4n) is 2.04. The second kappa shape index (κ2) is 3.88. The highest BCUT2D eigenvalue weighted by Crippen LogP contribution is 2.25. The van der Waals surface area contributed by atoms with Gasteiger partial charge in [0.2, 0.25) is 0 Å². The predicted molar refractivity (Wildman–Crippen MR) is 60.2 cm³/mol. The van der Waals surface area contributed by atoms with Crippen molar-refractivity contribution in [3.8, 4) is 0 Å². The number of nitrogens with zero attached hydrogens (tertiary/aromatic N) is 1. The predicted octanol–water partition coefficient (Wildman–Crippen LogP) is 1.33. The van der Waals surface area contributed by atoms with E-state index in [4.69, 9.17) is 11.5 Å². The van der Waals surface area contributed by atoms with E-state index in [2.05, 4.69) is 11.0 Å². The third kappa shape index (κ3) is 1.68. The van der Waals surface area contributed by atoms with Gasteiger partial charge >= 0.3 is 0 Å². The third-order valence-electron chi connectivity index (χ3n) is 2.77. The highest BCUT2D eigenvalue weighted by Gasteiger charge is 2.14. The van der Waals surface area contributed by atoms with Gasteiger partial charge in [0.25, 0.3) is 0 Å². The summed E-state index contributed by atoms with van der Waals surface area (Å²) in [6.45, 7) is 2.87. The minimum Gasteiger partial charge on any atom is -0.399 e. The molecule has 1 aromatic rings. The number of hydrogen-bond donors (Lipinski definition) is 2. The molecule has 0 aliphatic carbocycles. The molecule has 0 saturated carbocycles. The normalized spacial score (nSPS) is 16.2. The van der Waals surface area contributed by atoms with Crippen LogP contribution in [0.1, 0.15) is 18.4 Å². The molecule has 1 heterocycles. The molecule has 0 amide bonds. The van der Waals surface area contributed by atoms with Crippen molar-refractivity contribution < 1.29 is 0 Å². The molecule has 0 atom stereocenters. The van der Waals surface area contributed by atoms with Crippen LogP contribution in [0.4, 0.5) is 11.4 Å². The Kier molecular flexibility index (Phi) is 2.59. The van der Waals surface area contributed by atoms with Crippen molar-refractivity contribution in [2.75, 3.05) is 23.7 Å². The molecule has 1 aliphatic heterocycles. The summed E-state index contributed by atoms with van der Waals surface area (Å²) in [6, 6.07) is 6.02. The summed E-state index contributed by atoms with van der Waals surface area (Å²) >= 11 is 0. The van der Waals surface area contributed by atoms with E-state index in [0.717, 1.165) is 24.3 Å². The molecule has 3 heteroatoms. The van der Waals surface area contributed by atoms with Gasteiger partial charge in [-0.15, -0.1) is 0 Å². The Hall–Kier alpha value is -1.22. The molecular weight excluding hydrogens is 174 g/mol. The van der Waals surface area contributed by atoms with E-state index in [-0.39, 0.29) is 0 Å². The van der Waals surface area contributed by atoms with E-state index in [0.29, 0.717) is 6.54 Å². The largest absolute Gasteiger partial charge is 0.399 e. The van der Waals surface area contributed by atoms with Crippen LogP contribution in [-0.2, 0) is 6.54 Å². The van der Waals surface area contributed by atoms with Gasteiger partial charge in [0.05, 0.1) is 0 Å². The zero-order valence-electron chi connectivity index (χ0n) is 8.37. The van der Waals surface area contributed by atoms with Gasteiger partial charge in [-0.05, 0) is 36.6 Å². The lowest BCUT2D eigenvalue weighted by Crippen LogP contribution is -2.20. The van der Waals surface area contributed by atoms with E-state index in [9.17, 15) is 0 Å². The molecule has 1 aliphatic rings. The average molecular weight is 191 g/mol. The van der Waals surface area contributed by atoms with Crippen molar-refractivity contribution in [2.24, 2.45) is 5.73 Å². The first kappa shape index (κ1) is 9.34. The van der Waals surface area contributed by atoms with Crippen molar-refractivity contribution in [3.05, 3.63) is 23.8 Å². The van der Waals surface area contributed by atoms with Crippen LogP contribution in [0.15, 0.2) is 18.2 Å². The monoisotopic (exact) mass is 191 g/mol. The maximum Gasteiger partial charge on any atom is 0.0413 e. The van der Waals surface area contributed by atoms with Crippen LogP contribution in [0.3, 0.4) is 0 Å². The average Bonchev–Trinajstić information content (AvgIpc) is 2.70. The van der Waals surface area contributed by atoms with E-state index in [1.54, 1.807) is 0 Å². The molecule has 3 nitrogen and oxygen atoms in total. The highest BCUT2D eigenvalue weighted by atomic mass is 15.1. The highest BCUT2D eigenvalue weighted by molar-refractivity contribution is 5.60. The number of nitrogen functional groups attached to an aromatic ring is 1. The van der Waals surface area contributed by atoms with Gasteiger partial charge in [-0.25, -0.2) is 0 Å². The number of anilines is 2. The van der Waals surface area contributed by atoms with E-state index < -0.39 is 0 Å². The molecule has 1 fully saturated rings. The number of benzene rings is 1. The van der Waals surface area contributed by atoms with E-state index in [1.807, 2.05) is 12.1 Å². The summed E-state index contributed by atoms with van der Waals surface area (Å²) in [4.78, 5) is 2.39. The van der Waals surface area contributed by atoms with Crippen molar-refractivity contribution in [3.63, 3.8) is 0 Å². The quantitative estimate of drug-likeness (QED) is 0.693. The molecule has 0 radical (unpaired) electrons. The molecule has 0 aromatic heterocycles. The van der Waals surface area contributed by atoms with Crippen molar-refractivity contribution >= 4 is 11.4 Å². The molecule has 0 spiro atoms. The molecule has 1 aromatic carbocycles. The van der Waals surface area contributed by atoms with Gasteiger partial charge in [0.15, 0.2) is 0 Å². The lowest BCUT2D eigenvalue weighted by atomic mass is 10.1. The smallest absolute Gasteiger partial charge is 0.0413 e. The maximum atomic E-state index is 5.73. The van der Waals surface area contributed by atoms with Crippen LogP contribution in [0.5, 0.6) is 0 Å². The van der Waals surface area contributed by atoms with Crippen LogP contribution in [-0.4, -0.2) is 13.1 Å². The lowest BCUT2D eigenvalue weighted by molar-refractivity contribution is 0.941. The minimum absolute atomic E-state index is 0.566. The van der Waals surface area contributed by atoms with Gasteiger partial charge < -0.3 is 16.4 Å². The summed E-state index contributed by atoms with van der Waals surface area (Å²) in [5, 5.41) is 0. The van der Waals surface area contributed by atoms with Crippen LogP contribution < -0.4 is 16.4 Å². The van der Waals surface area contributed by atoms with Gasteiger partial charge in [-0.3, -0.25) is 0 Å². The topological polar surface area (TPSA) is 55.3 Å². The first-order valence-corrected chi connectivity index (χ1v) is 5.14. The minimum atomic E-state index is 0.566. The molecule has 0 unspecified atom stereocenters. The Morgan fingerprint density at radius 3 is 2.57 bits per heavy atom. The summed E-state index contributed by atoms with van der Waals surface area (Å²) in [5.74, 6) is 0. The number of hydrogen-bond acceptors (Lipinski definition) is 3. The number of nitrogens with two attached hydrogens (primary N) is 2. The Bertz CT molecular complexity index is 316. The molecule has 1 saturated heterocycles. The van der Waals surface area contributed by atoms with Crippen LogP contribution >= 0.6 is 0 Å². The first-order valence-electron chi connectivity index (χ1n) is 5.14. The van der Waals surface area contributed by atoms with E-state index in [1.165, 1.54) is 18.5 Å². The summed E-state index contributed by atoms with van der Waals surface area (Å²) in [5.41, 5.74) is 14.7. The first-order chi connectivity index (χ1) is 6.81. The fourth-order valence-corrected chi connectivity index (χ4v) is 2.04. The molecule has 76 valence electrons. The molecule has 0 bridgehead atoms. The van der Waals surface area contributed by atoms with E-state index >= 15 is 0 Å². The zero-order valence-corrected chi connectivity index (χ0v) is 8.37. The Morgan fingerprint density at radius 1 is 1.21 bits per heavy atom. The SMILES string of the molecule is NCc1cc(N)ccc1N1CCCC1. The zero-order chi connectivity index (χ0) is 9.97. The van der Waals surface area contributed by atoms with Crippen molar-refractivity contribution in [1.29, 1.82) is 0 Å². The lowest BCUT2D eigenvalue weighted by Gasteiger charge is -2.21. The molecule has 14 heavy (non-hydrogen) atoms. The molecular formula is C11H17N3. The Morgan fingerprint density at radius 2 is 1.93 bits per heavy atom. The van der Waals surface area contributed by atoms with Crippen molar-refractivity contribution in [2.45, 2.75) is 19.4 Å². The summed E-state index contributed by atoms with van der Waals surface area (Å²) in [7, 11) is 0. The van der Waals surface area contributed by atoms with Crippen LogP contribution in [0.2, 0.25) is 0 Å². The van der Waals surface area contributed by atoms with Crippen LogP contribution in [0, 0.1) is 0 Å². The maximum absolute atomic E-state index is 5.73. The standard InChI is InChI=1S/C11H17N3/c12-8-9-7-10(13)3-4-11(9)14-5-1-2-6-14/h3-4,7H,1-2,5-6,8,12-13H2. The fraction of sp³-hybridized carbons (Fsp3) is 0.455. The summed E-state index contributed by atoms with van der Waals surface area (Å²) in [6.07, 6.45) is 2.57. The van der Waals surface area contributed by atoms with Gasteiger partial charge in [-0.1, -0.05) is 0 Å². The molecule has 4 N–H and O–H groups in total. The van der Waals surface area contributed by atoms with Crippen molar-refractivity contribution in [1.82, 2.24) is 0 Å². The molecule has 2 rings (SSSR count). The summed E-state index contributed by atoms with van der Waals surface area (Å²) < 4.78 is 0. The van der Waals surface area contributed by atoms with Gasteiger partial charge in [0, 0.05) is 31.0 Å². The third-order valence-corrected chi connectivity index (χ3v) is 2.77. The second-order valence-electron chi connectivity index (χ2n) is 3.79. The number of rotatable bonds is 2. The van der Waals surface area contributed by atoms with Crippen LogP contribution in [0.25, 0.3) is 0 Å². The Labute approximate surface area is 84.7 Å². The van der Waals surface area contributed by atoms with Gasteiger partial charge in [0.1, 0.15) is 0 Å².